The van der Waals surface area contributed by atoms with E-state index in [-0.39, 0.29) is 5.41 Å². The summed E-state index contributed by atoms with van der Waals surface area (Å²) in [6.45, 7) is 10.7. The van der Waals surface area contributed by atoms with E-state index in [1.807, 2.05) is 14.0 Å². The molecule has 1 rings (SSSR count). The number of rotatable bonds is 4. The molecule has 0 N–H and O–H groups in total. The lowest BCUT2D eigenvalue weighted by atomic mass is 9.74. The van der Waals surface area contributed by atoms with Crippen LogP contribution in [0.4, 0.5) is 0 Å². The van der Waals surface area contributed by atoms with Crippen molar-refractivity contribution in [2.24, 2.45) is 5.41 Å². The highest BCUT2D eigenvalue weighted by atomic mass is 16.1. The quantitative estimate of drug-likeness (QED) is 0.661. The van der Waals surface area contributed by atoms with Crippen molar-refractivity contribution in [2.45, 2.75) is 32.6 Å². The Bertz CT molecular complexity index is 282. The summed E-state index contributed by atoms with van der Waals surface area (Å²) in [6, 6.07) is 0. The summed E-state index contributed by atoms with van der Waals surface area (Å²) in [5.74, 6) is 0.305. The summed E-state index contributed by atoms with van der Waals surface area (Å²) in [4.78, 5) is 14.2. The summed E-state index contributed by atoms with van der Waals surface area (Å²) in [5, 5.41) is 0. The molecule has 2 nitrogen and oxygen atoms in total. The second kappa shape index (κ2) is 4.65. The molecule has 0 amide bonds. The van der Waals surface area contributed by atoms with Gasteiger partial charge in [0.15, 0.2) is 0 Å². The molecule has 84 valence electrons. The molecule has 2 heteroatoms. The van der Waals surface area contributed by atoms with Gasteiger partial charge < -0.3 is 4.90 Å². The second-order valence-corrected chi connectivity index (χ2v) is 4.55. The van der Waals surface area contributed by atoms with Crippen LogP contribution in [0.25, 0.3) is 0 Å². The molecule has 1 atom stereocenters. The zero-order valence-electron chi connectivity index (χ0n) is 9.88. The Morgan fingerprint density at radius 3 is 2.93 bits per heavy atom. The van der Waals surface area contributed by atoms with E-state index in [2.05, 4.69) is 18.1 Å². The molecule has 1 unspecified atom stereocenters. The number of nitrogens with zero attached hydrogens (tertiary/aromatic N) is 1. The van der Waals surface area contributed by atoms with Gasteiger partial charge in [0.1, 0.15) is 5.78 Å². The number of allylic oxidation sites excluding steroid dienone is 2. The fraction of sp³-hybridized carbons (Fsp3) is 0.615. The molecular formula is C13H21NO. The van der Waals surface area contributed by atoms with Crippen molar-refractivity contribution < 1.29 is 4.79 Å². The number of Topliss-reactive ketones (excluding diaryl/α,β-unsaturated/α-hetero) is 1. The Hall–Kier alpha value is -1.05. The lowest BCUT2D eigenvalue weighted by Gasteiger charge is -2.41. The molecule has 1 saturated heterocycles. The van der Waals surface area contributed by atoms with E-state index in [0.717, 1.165) is 31.5 Å². The smallest absolute Gasteiger partial charge is 0.144 e. The number of ketones is 1. The summed E-state index contributed by atoms with van der Waals surface area (Å²) in [7, 11) is 2.01. The number of carbonyl (C=O) groups is 1. The topological polar surface area (TPSA) is 20.3 Å². The van der Waals surface area contributed by atoms with Gasteiger partial charge in [0.25, 0.3) is 0 Å². The van der Waals surface area contributed by atoms with E-state index in [1.54, 1.807) is 6.08 Å². The van der Waals surface area contributed by atoms with Crippen LogP contribution in [0.15, 0.2) is 24.9 Å². The molecule has 15 heavy (non-hydrogen) atoms. The SMILES string of the molecule is C=CCCC(=O)C1(C)CCCN(C)C1=C. The van der Waals surface area contributed by atoms with E-state index < -0.39 is 0 Å². The number of carbonyl (C=O) groups excluding carboxylic acids is 1. The Balaban J connectivity index is 2.75. The van der Waals surface area contributed by atoms with Gasteiger partial charge in [-0.25, -0.2) is 0 Å². The lowest BCUT2D eigenvalue weighted by molar-refractivity contribution is -0.128. The maximum absolute atomic E-state index is 12.1. The minimum atomic E-state index is -0.337. The first-order chi connectivity index (χ1) is 7.02. The van der Waals surface area contributed by atoms with Crippen LogP contribution in [0, 0.1) is 5.41 Å². The van der Waals surface area contributed by atoms with Crippen LogP contribution in [-0.4, -0.2) is 24.3 Å². The minimum Gasteiger partial charge on any atom is -0.378 e. The van der Waals surface area contributed by atoms with Crippen molar-refractivity contribution in [1.82, 2.24) is 4.90 Å². The van der Waals surface area contributed by atoms with Crippen LogP contribution in [-0.2, 0) is 4.79 Å². The maximum atomic E-state index is 12.1. The first-order valence-electron chi connectivity index (χ1n) is 5.57. The van der Waals surface area contributed by atoms with Crippen LogP contribution in [0.3, 0.4) is 0 Å². The van der Waals surface area contributed by atoms with E-state index >= 15 is 0 Å². The van der Waals surface area contributed by atoms with Gasteiger partial charge in [0.05, 0.1) is 5.41 Å². The van der Waals surface area contributed by atoms with Gasteiger partial charge in [-0.2, -0.15) is 0 Å². The maximum Gasteiger partial charge on any atom is 0.144 e. The molecule has 1 heterocycles. The summed E-state index contributed by atoms with van der Waals surface area (Å²) in [6.07, 6.45) is 5.17. The van der Waals surface area contributed by atoms with Crippen LogP contribution in [0.2, 0.25) is 0 Å². The number of piperidine rings is 1. The van der Waals surface area contributed by atoms with Crippen LogP contribution in [0.1, 0.15) is 32.6 Å². The highest BCUT2D eigenvalue weighted by Crippen LogP contribution is 2.38. The first-order valence-corrected chi connectivity index (χ1v) is 5.57. The summed E-state index contributed by atoms with van der Waals surface area (Å²) < 4.78 is 0. The van der Waals surface area contributed by atoms with Gasteiger partial charge in [-0.3, -0.25) is 4.79 Å². The zero-order valence-corrected chi connectivity index (χ0v) is 9.88. The highest BCUT2D eigenvalue weighted by molar-refractivity contribution is 5.87. The van der Waals surface area contributed by atoms with Crippen molar-refractivity contribution in [2.75, 3.05) is 13.6 Å². The molecule has 1 aliphatic heterocycles. The molecule has 0 spiro atoms. The van der Waals surface area contributed by atoms with Gasteiger partial charge in [-0.15, -0.1) is 6.58 Å². The molecule has 0 aromatic heterocycles. The fourth-order valence-corrected chi connectivity index (χ4v) is 2.18. The van der Waals surface area contributed by atoms with Crippen LogP contribution < -0.4 is 0 Å². The molecule has 0 aliphatic carbocycles. The molecular weight excluding hydrogens is 186 g/mol. The van der Waals surface area contributed by atoms with Crippen LogP contribution in [0.5, 0.6) is 0 Å². The molecule has 0 radical (unpaired) electrons. The van der Waals surface area contributed by atoms with Gasteiger partial charge in [-0.05, 0) is 26.2 Å². The normalized spacial score (nSPS) is 26.5. The second-order valence-electron chi connectivity index (χ2n) is 4.55. The Labute approximate surface area is 92.7 Å². The van der Waals surface area contributed by atoms with Crippen molar-refractivity contribution in [3.8, 4) is 0 Å². The summed E-state index contributed by atoms with van der Waals surface area (Å²) in [5.41, 5.74) is 0.638. The molecule has 0 aromatic rings. The Morgan fingerprint density at radius 1 is 1.67 bits per heavy atom. The van der Waals surface area contributed by atoms with E-state index in [0.29, 0.717) is 12.2 Å². The van der Waals surface area contributed by atoms with Crippen molar-refractivity contribution in [3.05, 3.63) is 24.9 Å². The van der Waals surface area contributed by atoms with E-state index in [9.17, 15) is 4.79 Å². The van der Waals surface area contributed by atoms with E-state index in [4.69, 9.17) is 0 Å². The molecule has 1 aliphatic rings. The Morgan fingerprint density at radius 2 is 2.33 bits per heavy atom. The average molecular weight is 207 g/mol. The molecule has 1 fully saturated rings. The standard InChI is InChI=1S/C13H21NO/c1-5-6-8-12(15)13(3)9-7-10-14(4)11(13)2/h5H,1-2,6-10H2,3-4H3. The third kappa shape index (κ3) is 2.31. The largest absolute Gasteiger partial charge is 0.378 e. The zero-order chi connectivity index (χ0) is 11.5. The average Bonchev–Trinajstić information content (AvgIpc) is 2.22. The van der Waals surface area contributed by atoms with Crippen molar-refractivity contribution in [1.29, 1.82) is 0 Å². The van der Waals surface area contributed by atoms with Gasteiger partial charge in [-0.1, -0.05) is 12.7 Å². The van der Waals surface area contributed by atoms with Gasteiger partial charge in [0.2, 0.25) is 0 Å². The third-order valence-electron chi connectivity index (χ3n) is 3.46. The van der Waals surface area contributed by atoms with E-state index in [1.165, 1.54) is 0 Å². The first kappa shape index (κ1) is 12.0. The number of hydrogen-bond donors (Lipinski definition) is 0. The molecule has 0 aromatic carbocycles. The van der Waals surface area contributed by atoms with Crippen molar-refractivity contribution in [3.63, 3.8) is 0 Å². The van der Waals surface area contributed by atoms with Gasteiger partial charge >= 0.3 is 0 Å². The number of hydrogen-bond acceptors (Lipinski definition) is 2. The predicted octanol–water partition coefficient (Wildman–Crippen LogP) is 2.77. The monoisotopic (exact) mass is 207 g/mol. The van der Waals surface area contributed by atoms with Crippen molar-refractivity contribution >= 4 is 5.78 Å². The summed E-state index contributed by atoms with van der Waals surface area (Å²) >= 11 is 0. The molecule has 0 bridgehead atoms. The van der Waals surface area contributed by atoms with Gasteiger partial charge in [0, 0.05) is 25.7 Å². The predicted molar refractivity (Wildman–Crippen MR) is 63.5 cm³/mol. The number of likely N-dealkylation sites (tertiary alicyclic amines) is 1. The minimum absolute atomic E-state index is 0.305. The van der Waals surface area contributed by atoms with Crippen LogP contribution >= 0.6 is 0 Å². The Kier molecular flexibility index (Phi) is 3.72. The third-order valence-corrected chi connectivity index (χ3v) is 3.46. The lowest BCUT2D eigenvalue weighted by Crippen LogP contribution is -2.41. The fourth-order valence-electron chi connectivity index (χ4n) is 2.18. The molecule has 0 saturated carbocycles. The highest BCUT2D eigenvalue weighted by Gasteiger charge is 2.38.